The zero-order valence-electron chi connectivity index (χ0n) is 16.1. The first kappa shape index (κ1) is 22.7. The molecule has 0 saturated carbocycles. The molecule has 0 aliphatic rings. The van der Waals surface area contributed by atoms with Crippen molar-refractivity contribution in [2.24, 2.45) is 0 Å². The van der Waals surface area contributed by atoms with E-state index in [9.17, 15) is 13.2 Å². The van der Waals surface area contributed by atoms with Crippen LogP contribution in [0.3, 0.4) is 0 Å². The highest BCUT2D eigenvalue weighted by Gasteiger charge is 2.15. The Morgan fingerprint density at radius 3 is 2.58 bits per heavy atom. The molecule has 0 saturated heterocycles. The van der Waals surface area contributed by atoms with Gasteiger partial charge in [-0.1, -0.05) is 25.4 Å². The summed E-state index contributed by atoms with van der Waals surface area (Å²) in [6.45, 7) is 8.23. The molecule has 1 amide bonds. The molecule has 0 spiro atoms. The third-order valence-electron chi connectivity index (χ3n) is 4.08. The fourth-order valence-electron chi connectivity index (χ4n) is 2.33. The highest BCUT2D eigenvalue weighted by molar-refractivity contribution is 7.89. The Morgan fingerprint density at radius 1 is 1.35 bits per heavy atom. The van der Waals surface area contributed by atoms with Gasteiger partial charge >= 0.3 is 0 Å². The maximum atomic E-state index is 12.0. The van der Waals surface area contributed by atoms with Crippen LogP contribution >= 0.6 is 11.6 Å². The van der Waals surface area contributed by atoms with Crippen molar-refractivity contribution in [2.45, 2.75) is 40.0 Å². The summed E-state index contributed by atoms with van der Waals surface area (Å²) in [6.07, 6.45) is 0.540. The standard InChI is InChI=1S/C18H29ClN2O4S/c1-6-26(23,24)21(5)9-7-8-20-18(22)12-25-17-10-14(4)16(19)11-15(17)13(2)3/h10-11,13H,6-9,12H2,1-5H3,(H,20,22). The number of nitrogens with zero attached hydrogens (tertiary/aromatic N) is 1. The fraction of sp³-hybridized carbons (Fsp3) is 0.611. The normalized spacial score (nSPS) is 11.8. The maximum absolute atomic E-state index is 12.0. The molecule has 0 atom stereocenters. The fourth-order valence-corrected chi connectivity index (χ4v) is 3.35. The van der Waals surface area contributed by atoms with Crippen molar-refractivity contribution >= 4 is 27.5 Å². The van der Waals surface area contributed by atoms with Crippen molar-refractivity contribution in [3.63, 3.8) is 0 Å². The van der Waals surface area contributed by atoms with Crippen molar-refractivity contribution in [1.82, 2.24) is 9.62 Å². The Hall–Kier alpha value is -1.31. The van der Waals surface area contributed by atoms with Crippen LogP contribution in [0.2, 0.25) is 5.02 Å². The van der Waals surface area contributed by atoms with Gasteiger partial charge in [-0.05, 0) is 49.4 Å². The molecule has 26 heavy (non-hydrogen) atoms. The highest BCUT2D eigenvalue weighted by atomic mass is 35.5. The highest BCUT2D eigenvalue weighted by Crippen LogP contribution is 2.31. The minimum Gasteiger partial charge on any atom is -0.483 e. The molecule has 148 valence electrons. The molecule has 0 fully saturated rings. The van der Waals surface area contributed by atoms with Crippen LogP contribution in [-0.2, 0) is 14.8 Å². The summed E-state index contributed by atoms with van der Waals surface area (Å²) in [5.74, 6) is 0.712. The van der Waals surface area contributed by atoms with Crippen LogP contribution in [0.4, 0.5) is 0 Å². The Labute approximate surface area is 161 Å². The van der Waals surface area contributed by atoms with Crippen LogP contribution < -0.4 is 10.1 Å². The molecule has 0 aliphatic carbocycles. The number of amides is 1. The smallest absolute Gasteiger partial charge is 0.257 e. The second kappa shape index (κ2) is 10.1. The molecule has 0 aromatic heterocycles. The molecule has 1 rings (SSSR count). The van der Waals surface area contributed by atoms with Crippen molar-refractivity contribution in [2.75, 3.05) is 32.5 Å². The van der Waals surface area contributed by atoms with Gasteiger partial charge in [0.05, 0.1) is 5.75 Å². The number of benzene rings is 1. The number of hydrogen-bond acceptors (Lipinski definition) is 4. The lowest BCUT2D eigenvalue weighted by atomic mass is 10.0. The van der Waals surface area contributed by atoms with E-state index in [0.717, 1.165) is 11.1 Å². The van der Waals surface area contributed by atoms with Crippen LogP contribution in [-0.4, -0.2) is 51.1 Å². The van der Waals surface area contributed by atoms with Gasteiger partial charge in [0.1, 0.15) is 5.75 Å². The third kappa shape index (κ3) is 6.78. The van der Waals surface area contributed by atoms with Crippen LogP contribution in [0.5, 0.6) is 5.75 Å². The summed E-state index contributed by atoms with van der Waals surface area (Å²) in [5.41, 5.74) is 1.85. The number of carbonyl (C=O) groups excluding carboxylic acids is 1. The van der Waals surface area contributed by atoms with Crippen LogP contribution in [0.1, 0.15) is 44.2 Å². The topological polar surface area (TPSA) is 75.7 Å². The van der Waals surface area contributed by atoms with Gasteiger partial charge in [0.2, 0.25) is 10.0 Å². The van der Waals surface area contributed by atoms with Crippen molar-refractivity contribution < 1.29 is 17.9 Å². The van der Waals surface area contributed by atoms with E-state index in [4.69, 9.17) is 16.3 Å². The van der Waals surface area contributed by atoms with Gasteiger partial charge < -0.3 is 10.1 Å². The summed E-state index contributed by atoms with van der Waals surface area (Å²) < 4.78 is 30.2. The number of carbonyl (C=O) groups is 1. The van der Waals surface area contributed by atoms with Gasteiger partial charge in [-0.15, -0.1) is 0 Å². The quantitative estimate of drug-likeness (QED) is 0.608. The Morgan fingerprint density at radius 2 is 2.00 bits per heavy atom. The second-order valence-electron chi connectivity index (χ2n) is 6.51. The van der Waals surface area contributed by atoms with E-state index in [0.29, 0.717) is 30.3 Å². The molecule has 0 bridgehead atoms. The molecule has 1 aromatic carbocycles. The SMILES string of the molecule is CCS(=O)(=O)N(C)CCCNC(=O)COc1cc(C)c(Cl)cc1C(C)C. The first-order valence-electron chi connectivity index (χ1n) is 8.72. The number of sulfonamides is 1. The molecule has 8 heteroatoms. The largest absolute Gasteiger partial charge is 0.483 e. The van der Waals surface area contributed by atoms with Gasteiger partial charge in [0.25, 0.3) is 5.91 Å². The number of halogens is 1. The summed E-state index contributed by atoms with van der Waals surface area (Å²) in [7, 11) is -1.64. The predicted octanol–water partition coefficient (Wildman–Crippen LogP) is 2.94. The Bertz CT molecular complexity index is 720. The second-order valence-corrected chi connectivity index (χ2v) is 9.28. The number of aryl methyl sites for hydroxylation is 1. The molecule has 0 radical (unpaired) electrons. The van der Waals surface area contributed by atoms with Crippen molar-refractivity contribution in [3.05, 3.63) is 28.3 Å². The first-order valence-corrected chi connectivity index (χ1v) is 10.7. The average Bonchev–Trinajstić information content (AvgIpc) is 2.58. The Kier molecular flexibility index (Phi) is 8.86. The molecular weight excluding hydrogens is 376 g/mol. The van der Waals surface area contributed by atoms with Crippen molar-refractivity contribution in [1.29, 1.82) is 0 Å². The molecule has 0 unspecified atom stereocenters. The van der Waals surface area contributed by atoms with Gasteiger partial charge in [-0.25, -0.2) is 12.7 Å². The number of nitrogens with one attached hydrogen (secondary N) is 1. The number of ether oxygens (including phenoxy) is 1. The molecule has 1 N–H and O–H groups in total. The summed E-state index contributed by atoms with van der Waals surface area (Å²) >= 11 is 6.16. The van der Waals surface area contributed by atoms with Crippen LogP contribution in [0, 0.1) is 6.92 Å². The van der Waals surface area contributed by atoms with E-state index in [1.165, 1.54) is 4.31 Å². The zero-order chi connectivity index (χ0) is 19.9. The van der Waals surface area contributed by atoms with Gasteiger partial charge in [0, 0.05) is 25.2 Å². The minimum atomic E-state index is -3.18. The van der Waals surface area contributed by atoms with E-state index in [1.54, 1.807) is 14.0 Å². The van der Waals surface area contributed by atoms with Crippen LogP contribution in [0.25, 0.3) is 0 Å². The number of hydrogen-bond donors (Lipinski definition) is 1. The van der Waals surface area contributed by atoms with Crippen molar-refractivity contribution in [3.8, 4) is 5.75 Å². The number of rotatable bonds is 10. The summed E-state index contributed by atoms with van der Waals surface area (Å²) in [4.78, 5) is 12.0. The summed E-state index contributed by atoms with van der Waals surface area (Å²) in [6, 6.07) is 3.72. The van der Waals surface area contributed by atoms with Gasteiger partial charge in [-0.2, -0.15) is 0 Å². The van der Waals surface area contributed by atoms with Gasteiger partial charge in [0.15, 0.2) is 6.61 Å². The van der Waals surface area contributed by atoms with Gasteiger partial charge in [-0.3, -0.25) is 4.79 Å². The lowest BCUT2D eigenvalue weighted by molar-refractivity contribution is -0.123. The predicted molar refractivity (Wildman–Crippen MR) is 105 cm³/mol. The van der Waals surface area contributed by atoms with E-state index in [2.05, 4.69) is 5.32 Å². The van der Waals surface area contributed by atoms with E-state index in [1.807, 2.05) is 32.9 Å². The van der Waals surface area contributed by atoms with E-state index < -0.39 is 10.0 Å². The molecular formula is C18H29ClN2O4S. The maximum Gasteiger partial charge on any atom is 0.257 e. The first-order chi connectivity index (χ1) is 12.1. The average molecular weight is 405 g/mol. The van der Waals surface area contributed by atoms with E-state index in [-0.39, 0.29) is 24.2 Å². The van der Waals surface area contributed by atoms with E-state index >= 15 is 0 Å². The molecule has 6 nitrogen and oxygen atoms in total. The lowest BCUT2D eigenvalue weighted by Crippen LogP contribution is -2.34. The van der Waals surface area contributed by atoms with Crippen LogP contribution in [0.15, 0.2) is 12.1 Å². The molecule has 1 aromatic rings. The minimum absolute atomic E-state index is 0.0718. The monoisotopic (exact) mass is 404 g/mol. The Balaban J connectivity index is 2.47. The third-order valence-corrected chi connectivity index (χ3v) is 6.35. The summed E-state index contributed by atoms with van der Waals surface area (Å²) in [5, 5.41) is 3.42. The lowest BCUT2D eigenvalue weighted by Gasteiger charge is -2.17. The molecule has 0 aliphatic heterocycles. The zero-order valence-corrected chi connectivity index (χ0v) is 17.7. The molecule has 0 heterocycles.